The molecule has 1 N–H and O–H groups in total. The molecule has 9 heteroatoms. The number of halogens is 1. The zero-order valence-electron chi connectivity index (χ0n) is 14.9. The van der Waals surface area contributed by atoms with Crippen molar-refractivity contribution < 1.29 is 18.7 Å². The lowest BCUT2D eigenvalue weighted by Gasteiger charge is -2.17. The Morgan fingerprint density at radius 3 is 3.07 bits per heavy atom. The van der Waals surface area contributed by atoms with Gasteiger partial charge in [0.15, 0.2) is 5.65 Å². The molecule has 0 radical (unpaired) electrons. The van der Waals surface area contributed by atoms with Crippen LogP contribution in [0.15, 0.2) is 24.7 Å². The van der Waals surface area contributed by atoms with Gasteiger partial charge >= 0.3 is 5.97 Å². The molecule has 0 amide bonds. The summed E-state index contributed by atoms with van der Waals surface area (Å²) in [4.78, 5) is 20.6. The van der Waals surface area contributed by atoms with E-state index in [0.29, 0.717) is 41.3 Å². The minimum absolute atomic E-state index is 0.193. The number of fused-ring (bicyclic) bond motifs is 2. The minimum Gasteiger partial charge on any atom is -0.481 e. The smallest absolute Gasteiger partial charge is 0.343 e. The Labute approximate surface area is 154 Å². The monoisotopic (exact) mass is 371 g/mol. The number of rotatable bonds is 5. The molecule has 0 spiro atoms. The fourth-order valence-electron chi connectivity index (χ4n) is 3.35. The van der Waals surface area contributed by atoms with Crippen LogP contribution in [-0.2, 0) is 11.2 Å². The van der Waals surface area contributed by atoms with Crippen LogP contribution >= 0.6 is 0 Å². The zero-order chi connectivity index (χ0) is 19.0. The second-order valence-corrected chi connectivity index (χ2v) is 6.10. The maximum Gasteiger partial charge on any atom is 0.343 e. The molecule has 3 aromatic heterocycles. The molecular weight excluding hydrogens is 353 g/mol. The molecule has 0 aromatic carbocycles. The largest absolute Gasteiger partial charge is 0.481 e. The standard InChI is InChI=1S/C18H18FN5O3/c1-3-27-18(25)11-8-21-24-7-6-14(23-16(11)24)22-13-5-4-10-12(19)9-20-17(26-2)15(10)13/h6-9,13H,3-5H2,1-2H3,(H,22,23). The average molecular weight is 371 g/mol. The Bertz CT molecular complexity index is 1020. The summed E-state index contributed by atoms with van der Waals surface area (Å²) in [7, 11) is 1.51. The van der Waals surface area contributed by atoms with Crippen molar-refractivity contribution in [2.24, 2.45) is 0 Å². The number of hydrogen-bond donors (Lipinski definition) is 1. The first-order valence-corrected chi connectivity index (χ1v) is 8.61. The Balaban J connectivity index is 1.67. The molecule has 1 aliphatic rings. The second-order valence-electron chi connectivity index (χ2n) is 6.10. The maximum atomic E-state index is 14.1. The number of hydrogen-bond acceptors (Lipinski definition) is 7. The molecule has 0 bridgehead atoms. The van der Waals surface area contributed by atoms with E-state index in [1.54, 1.807) is 19.2 Å². The summed E-state index contributed by atoms with van der Waals surface area (Å²) in [5.74, 6) is 0.131. The van der Waals surface area contributed by atoms with E-state index in [1.807, 2.05) is 0 Å². The van der Waals surface area contributed by atoms with Gasteiger partial charge in [0.25, 0.3) is 0 Å². The number of carbonyl (C=O) groups excluding carboxylic acids is 1. The van der Waals surface area contributed by atoms with Crippen LogP contribution in [0.1, 0.15) is 40.9 Å². The van der Waals surface area contributed by atoms with Crippen LogP contribution in [-0.4, -0.2) is 39.3 Å². The van der Waals surface area contributed by atoms with Gasteiger partial charge < -0.3 is 14.8 Å². The van der Waals surface area contributed by atoms with Crippen molar-refractivity contribution in [2.75, 3.05) is 19.0 Å². The highest BCUT2D eigenvalue weighted by Crippen LogP contribution is 2.39. The highest BCUT2D eigenvalue weighted by atomic mass is 19.1. The van der Waals surface area contributed by atoms with Gasteiger partial charge in [-0.05, 0) is 25.8 Å². The first kappa shape index (κ1) is 17.2. The van der Waals surface area contributed by atoms with Crippen LogP contribution in [0, 0.1) is 5.82 Å². The molecule has 0 aliphatic heterocycles. The number of aromatic nitrogens is 4. The first-order valence-electron chi connectivity index (χ1n) is 8.61. The summed E-state index contributed by atoms with van der Waals surface area (Å²) >= 11 is 0. The number of pyridine rings is 1. The molecule has 1 unspecified atom stereocenters. The van der Waals surface area contributed by atoms with E-state index in [1.165, 1.54) is 24.0 Å². The summed E-state index contributed by atoms with van der Waals surface area (Å²) in [5, 5.41) is 7.40. The number of methoxy groups -OCH3 is 1. The third kappa shape index (κ3) is 2.94. The van der Waals surface area contributed by atoms with Crippen LogP contribution in [0.25, 0.3) is 5.65 Å². The van der Waals surface area contributed by atoms with E-state index in [2.05, 4.69) is 20.4 Å². The first-order chi connectivity index (χ1) is 13.1. The Kier molecular flexibility index (Phi) is 4.35. The summed E-state index contributed by atoms with van der Waals surface area (Å²) in [6.45, 7) is 2.01. The SMILES string of the molecule is CCOC(=O)c1cnn2ccc(NC3CCc4c(F)cnc(OC)c43)nc12. The Hall–Kier alpha value is -3.23. The van der Waals surface area contributed by atoms with Crippen LogP contribution in [0.2, 0.25) is 0 Å². The summed E-state index contributed by atoms with van der Waals surface area (Å²) in [6, 6.07) is 1.55. The summed E-state index contributed by atoms with van der Waals surface area (Å²) in [6.07, 6.45) is 5.58. The van der Waals surface area contributed by atoms with Crippen molar-refractivity contribution in [1.29, 1.82) is 0 Å². The molecule has 1 aliphatic carbocycles. The van der Waals surface area contributed by atoms with Crippen molar-refractivity contribution in [2.45, 2.75) is 25.8 Å². The van der Waals surface area contributed by atoms with Crippen LogP contribution < -0.4 is 10.1 Å². The molecule has 3 heterocycles. The van der Waals surface area contributed by atoms with Crippen LogP contribution in [0.4, 0.5) is 10.2 Å². The van der Waals surface area contributed by atoms with Crippen molar-refractivity contribution in [3.63, 3.8) is 0 Å². The molecule has 0 saturated carbocycles. The van der Waals surface area contributed by atoms with E-state index in [9.17, 15) is 9.18 Å². The third-order valence-corrected chi connectivity index (χ3v) is 4.55. The van der Waals surface area contributed by atoms with E-state index in [0.717, 1.165) is 0 Å². The van der Waals surface area contributed by atoms with Gasteiger partial charge in [0.05, 0.1) is 32.2 Å². The van der Waals surface area contributed by atoms with E-state index in [4.69, 9.17) is 9.47 Å². The van der Waals surface area contributed by atoms with Gasteiger partial charge in [-0.25, -0.2) is 23.7 Å². The van der Waals surface area contributed by atoms with Gasteiger partial charge in [0, 0.05) is 17.3 Å². The lowest BCUT2D eigenvalue weighted by atomic mass is 10.1. The maximum absolute atomic E-state index is 14.1. The minimum atomic E-state index is -0.476. The van der Waals surface area contributed by atoms with Gasteiger partial charge in [0.1, 0.15) is 17.2 Å². The molecule has 8 nitrogen and oxygen atoms in total. The van der Waals surface area contributed by atoms with Gasteiger partial charge in [-0.2, -0.15) is 5.10 Å². The molecule has 140 valence electrons. The number of nitrogens with one attached hydrogen (secondary N) is 1. The highest BCUT2D eigenvalue weighted by Gasteiger charge is 2.30. The molecule has 0 fully saturated rings. The average Bonchev–Trinajstić information content (AvgIpc) is 3.27. The predicted octanol–water partition coefficient (Wildman–Crippen LogP) is 2.55. The molecule has 27 heavy (non-hydrogen) atoms. The Morgan fingerprint density at radius 2 is 2.30 bits per heavy atom. The lowest BCUT2D eigenvalue weighted by molar-refractivity contribution is 0.0528. The summed E-state index contributed by atoms with van der Waals surface area (Å²) in [5.41, 5.74) is 1.99. The van der Waals surface area contributed by atoms with E-state index >= 15 is 0 Å². The van der Waals surface area contributed by atoms with Crippen molar-refractivity contribution in [3.05, 3.63) is 47.2 Å². The highest BCUT2D eigenvalue weighted by molar-refractivity contribution is 5.95. The van der Waals surface area contributed by atoms with Crippen molar-refractivity contribution >= 4 is 17.4 Å². The normalized spacial score (nSPS) is 15.6. The third-order valence-electron chi connectivity index (χ3n) is 4.55. The number of anilines is 1. The van der Waals surface area contributed by atoms with Gasteiger partial charge in [-0.1, -0.05) is 0 Å². The summed E-state index contributed by atoms with van der Waals surface area (Å²) < 4.78 is 25.9. The number of esters is 1. The van der Waals surface area contributed by atoms with E-state index < -0.39 is 5.97 Å². The fraction of sp³-hybridized carbons (Fsp3) is 0.333. The molecular formula is C18H18FN5O3. The van der Waals surface area contributed by atoms with Crippen LogP contribution in [0.3, 0.4) is 0 Å². The molecule has 1 atom stereocenters. The lowest BCUT2D eigenvalue weighted by Crippen LogP contribution is -2.12. The Morgan fingerprint density at radius 1 is 1.44 bits per heavy atom. The van der Waals surface area contributed by atoms with Gasteiger partial charge in [0.2, 0.25) is 5.88 Å². The molecule has 3 aromatic rings. The molecule has 0 saturated heterocycles. The number of ether oxygens (including phenoxy) is 2. The van der Waals surface area contributed by atoms with Crippen molar-refractivity contribution in [3.8, 4) is 5.88 Å². The molecule has 4 rings (SSSR count). The zero-order valence-corrected chi connectivity index (χ0v) is 14.9. The van der Waals surface area contributed by atoms with Crippen molar-refractivity contribution in [1.82, 2.24) is 19.6 Å². The quantitative estimate of drug-likeness (QED) is 0.689. The van der Waals surface area contributed by atoms with E-state index in [-0.39, 0.29) is 24.0 Å². The topological polar surface area (TPSA) is 90.6 Å². The second kappa shape index (κ2) is 6.82. The number of nitrogens with zero attached hydrogens (tertiary/aromatic N) is 4. The predicted molar refractivity (Wildman–Crippen MR) is 94.4 cm³/mol. The van der Waals surface area contributed by atoms with Gasteiger partial charge in [-0.15, -0.1) is 0 Å². The fourth-order valence-corrected chi connectivity index (χ4v) is 3.35. The number of carbonyl (C=O) groups is 1. The van der Waals surface area contributed by atoms with Crippen LogP contribution in [0.5, 0.6) is 5.88 Å². The van der Waals surface area contributed by atoms with Gasteiger partial charge in [-0.3, -0.25) is 0 Å².